The van der Waals surface area contributed by atoms with Gasteiger partial charge in [-0.2, -0.15) is 0 Å². The monoisotopic (exact) mass is 351 g/mol. The van der Waals surface area contributed by atoms with E-state index in [0.717, 1.165) is 31.4 Å². The van der Waals surface area contributed by atoms with Crippen LogP contribution in [0.2, 0.25) is 0 Å². The first-order valence-corrected chi connectivity index (χ1v) is 10.4. The summed E-state index contributed by atoms with van der Waals surface area (Å²) >= 11 is 0. The molecule has 24 heavy (non-hydrogen) atoms. The Morgan fingerprint density at radius 3 is 2.79 bits per heavy atom. The smallest absolute Gasteiger partial charge is 0.222 e. The summed E-state index contributed by atoms with van der Waals surface area (Å²) in [4.78, 5) is 18.5. The lowest BCUT2D eigenvalue weighted by Gasteiger charge is -2.47. The third-order valence-corrected chi connectivity index (χ3v) is 6.46. The number of rotatable bonds is 4. The molecule has 0 saturated carbocycles. The first kappa shape index (κ1) is 17.4. The molecule has 1 aromatic rings. The van der Waals surface area contributed by atoms with Gasteiger partial charge in [0.15, 0.2) is 0 Å². The van der Waals surface area contributed by atoms with Gasteiger partial charge < -0.3 is 4.90 Å². The van der Waals surface area contributed by atoms with Crippen molar-refractivity contribution >= 4 is 15.9 Å². The van der Waals surface area contributed by atoms with Crippen LogP contribution in [-0.4, -0.2) is 60.9 Å². The van der Waals surface area contributed by atoms with E-state index < -0.39 is 10.0 Å². The average Bonchev–Trinajstić information content (AvgIpc) is 2.56. The van der Waals surface area contributed by atoms with Crippen molar-refractivity contribution in [3.05, 3.63) is 30.1 Å². The Labute approximate surface area is 143 Å². The minimum Gasteiger partial charge on any atom is -0.342 e. The van der Waals surface area contributed by atoms with Crippen molar-refractivity contribution in [2.75, 3.05) is 32.4 Å². The summed E-state index contributed by atoms with van der Waals surface area (Å²) < 4.78 is 25.4. The molecule has 7 heteroatoms. The molecule has 6 nitrogen and oxygen atoms in total. The molecule has 2 fully saturated rings. The van der Waals surface area contributed by atoms with Gasteiger partial charge in [-0.25, -0.2) is 12.7 Å². The molecule has 0 aliphatic carbocycles. The summed E-state index contributed by atoms with van der Waals surface area (Å²) in [6.45, 7) is 2.45. The van der Waals surface area contributed by atoms with E-state index in [-0.39, 0.29) is 11.3 Å². The highest BCUT2D eigenvalue weighted by Crippen LogP contribution is 2.39. The molecule has 2 saturated heterocycles. The van der Waals surface area contributed by atoms with Crippen LogP contribution in [0.15, 0.2) is 24.4 Å². The van der Waals surface area contributed by atoms with Crippen molar-refractivity contribution in [2.45, 2.75) is 32.1 Å². The number of likely N-dealkylation sites (tertiary alicyclic amines) is 1. The number of aromatic nitrogens is 1. The molecule has 1 aromatic heterocycles. The van der Waals surface area contributed by atoms with E-state index >= 15 is 0 Å². The minimum atomic E-state index is -3.17. The van der Waals surface area contributed by atoms with Crippen LogP contribution in [0.25, 0.3) is 0 Å². The van der Waals surface area contributed by atoms with Crippen LogP contribution in [0.4, 0.5) is 0 Å². The van der Waals surface area contributed by atoms with Crippen LogP contribution >= 0.6 is 0 Å². The standard InChI is InChI=1S/C17H25N3O3S/c1-24(22,23)20-11-4-8-17(14-20)9-6-16(21)19(13-17)12-7-15-5-2-3-10-18-15/h2-3,5,10H,4,6-9,11-14H2,1H3/t17-/m0/s1. The van der Waals surface area contributed by atoms with E-state index in [1.807, 2.05) is 23.1 Å². The molecular weight excluding hydrogens is 326 g/mol. The van der Waals surface area contributed by atoms with Crippen molar-refractivity contribution in [3.8, 4) is 0 Å². The molecule has 2 aliphatic heterocycles. The molecule has 0 unspecified atom stereocenters. The molecule has 2 aliphatic rings. The molecule has 0 aromatic carbocycles. The van der Waals surface area contributed by atoms with Gasteiger partial charge in [0.2, 0.25) is 15.9 Å². The van der Waals surface area contributed by atoms with Gasteiger partial charge in [0, 0.05) is 56.3 Å². The van der Waals surface area contributed by atoms with Crippen LogP contribution in [0.1, 0.15) is 31.4 Å². The van der Waals surface area contributed by atoms with Gasteiger partial charge in [0.1, 0.15) is 0 Å². The summed E-state index contributed by atoms with van der Waals surface area (Å²) in [6.07, 6.45) is 6.94. The Kier molecular flexibility index (Phi) is 4.92. The lowest BCUT2D eigenvalue weighted by Crippen LogP contribution is -2.55. The molecule has 1 spiro atoms. The molecule has 0 radical (unpaired) electrons. The summed E-state index contributed by atoms with van der Waals surface area (Å²) in [5, 5.41) is 0. The zero-order valence-electron chi connectivity index (χ0n) is 14.1. The minimum absolute atomic E-state index is 0.0840. The number of nitrogens with zero attached hydrogens (tertiary/aromatic N) is 3. The van der Waals surface area contributed by atoms with Crippen LogP contribution in [0.5, 0.6) is 0 Å². The van der Waals surface area contributed by atoms with Crippen LogP contribution in [-0.2, 0) is 21.2 Å². The van der Waals surface area contributed by atoms with Gasteiger partial charge in [0.25, 0.3) is 0 Å². The molecule has 0 N–H and O–H groups in total. The Balaban J connectivity index is 1.67. The lowest BCUT2D eigenvalue weighted by atomic mass is 9.74. The normalized spacial score (nSPS) is 26.0. The maximum atomic E-state index is 12.3. The molecule has 0 bridgehead atoms. The highest BCUT2D eigenvalue weighted by molar-refractivity contribution is 7.88. The van der Waals surface area contributed by atoms with Gasteiger partial charge in [-0.1, -0.05) is 6.07 Å². The number of pyridine rings is 1. The van der Waals surface area contributed by atoms with Gasteiger partial charge in [-0.15, -0.1) is 0 Å². The summed E-state index contributed by atoms with van der Waals surface area (Å²) in [6, 6.07) is 5.80. The number of hydrogen-bond donors (Lipinski definition) is 0. The Hall–Kier alpha value is -1.47. The summed E-state index contributed by atoms with van der Waals surface area (Å²) in [5.41, 5.74) is 0.894. The highest BCUT2D eigenvalue weighted by Gasteiger charge is 2.43. The highest BCUT2D eigenvalue weighted by atomic mass is 32.2. The Bertz CT molecular complexity index is 692. The topological polar surface area (TPSA) is 70.6 Å². The number of sulfonamides is 1. The Morgan fingerprint density at radius 2 is 2.08 bits per heavy atom. The maximum Gasteiger partial charge on any atom is 0.222 e. The molecule has 132 valence electrons. The fraction of sp³-hybridized carbons (Fsp3) is 0.647. The number of carbonyl (C=O) groups is 1. The van der Waals surface area contributed by atoms with E-state index in [4.69, 9.17) is 0 Å². The zero-order valence-corrected chi connectivity index (χ0v) is 15.0. The van der Waals surface area contributed by atoms with Crippen LogP contribution in [0, 0.1) is 5.41 Å². The Morgan fingerprint density at radius 1 is 1.25 bits per heavy atom. The molecule has 3 rings (SSSR count). The summed E-state index contributed by atoms with van der Waals surface area (Å²) in [7, 11) is -3.17. The van der Waals surface area contributed by atoms with Crippen molar-refractivity contribution in [3.63, 3.8) is 0 Å². The zero-order chi connectivity index (χ0) is 17.2. The third-order valence-electron chi connectivity index (χ3n) is 5.21. The van der Waals surface area contributed by atoms with Crippen molar-refractivity contribution in [1.82, 2.24) is 14.2 Å². The second kappa shape index (κ2) is 6.80. The predicted octanol–water partition coefficient (Wildman–Crippen LogP) is 1.29. The van der Waals surface area contributed by atoms with Crippen molar-refractivity contribution < 1.29 is 13.2 Å². The summed E-state index contributed by atoms with van der Waals surface area (Å²) in [5.74, 6) is 0.174. The number of carbonyl (C=O) groups excluding carboxylic acids is 1. The van der Waals surface area contributed by atoms with E-state index in [2.05, 4.69) is 4.98 Å². The predicted molar refractivity (Wildman–Crippen MR) is 91.8 cm³/mol. The third kappa shape index (κ3) is 3.95. The van der Waals surface area contributed by atoms with E-state index in [0.29, 0.717) is 32.6 Å². The van der Waals surface area contributed by atoms with Crippen molar-refractivity contribution in [1.29, 1.82) is 0 Å². The quantitative estimate of drug-likeness (QED) is 0.819. The van der Waals surface area contributed by atoms with Gasteiger partial charge >= 0.3 is 0 Å². The van der Waals surface area contributed by atoms with Gasteiger partial charge in [0.05, 0.1) is 6.26 Å². The lowest BCUT2D eigenvalue weighted by molar-refractivity contribution is -0.138. The number of hydrogen-bond acceptors (Lipinski definition) is 4. The molecular formula is C17H25N3O3S. The van der Waals surface area contributed by atoms with Gasteiger partial charge in [-0.05, 0) is 31.4 Å². The average molecular weight is 351 g/mol. The second-order valence-electron chi connectivity index (χ2n) is 7.09. The van der Waals surface area contributed by atoms with Crippen LogP contribution < -0.4 is 0 Å². The second-order valence-corrected chi connectivity index (χ2v) is 9.07. The first-order valence-electron chi connectivity index (χ1n) is 8.51. The first-order chi connectivity index (χ1) is 11.4. The van der Waals surface area contributed by atoms with E-state index in [9.17, 15) is 13.2 Å². The molecule has 1 atom stereocenters. The molecule has 1 amide bonds. The number of amides is 1. The van der Waals surface area contributed by atoms with E-state index in [1.165, 1.54) is 6.26 Å². The fourth-order valence-corrected chi connectivity index (χ4v) is 4.85. The van der Waals surface area contributed by atoms with Crippen molar-refractivity contribution in [2.24, 2.45) is 5.41 Å². The number of piperidine rings is 2. The largest absolute Gasteiger partial charge is 0.342 e. The fourth-order valence-electron chi connectivity index (χ4n) is 3.88. The SMILES string of the molecule is CS(=O)(=O)N1CCC[C@@]2(CCC(=O)N(CCc3ccccn3)C2)C1. The van der Waals surface area contributed by atoms with Crippen LogP contribution in [0.3, 0.4) is 0 Å². The van der Waals surface area contributed by atoms with Gasteiger partial charge in [-0.3, -0.25) is 9.78 Å². The maximum absolute atomic E-state index is 12.3. The van der Waals surface area contributed by atoms with E-state index in [1.54, 1.807) is 10.5 Å². The molecule has 3 heterocycles.